The van der Waals surface area contributed by atoms with Crippen molar-refractivity contribution < 1.29 is 4.74 Å². The van der Waals surface area contributed by atoms with Gasteiger partial charge in [0.1, 0.15) is 10.9 Å². The van der Waals surface area contributed by atoms with Crippen molar-refractivity contribution in [2.24, 2.45) is 0 Å². The van der Waals surface area contributed by atoms with Crippen LogP contribution in [0.15, 0.2) is 39.9 Å². The first-order chi connectivity index (χ1) is 10.1. The minimum atomic E-state index is -0.484. The van der Waals surface area contributed by atoms with Gasteiger partial charge in [-0.2, -0.15) is 0 Å². The Balaban J connectivity index is 2.01. The highest BCUT2D eigenvalue weighted by Crippen LogP contribution is 2.09. The second-order valence-corrected chi connectivity index (χ2v) is 4.93. The van der Waals surface area contributed by atoms with Gasteiger partial charge in [0.15, 0.2) is 0 Å². The normalized spacial score (nSPS) is 10.6. The Kier molecular flexibility index (Phi) is 5.22. The molecular formula is C15H17ClN2O3. The maximum atomic E-state index is 12.1. The Hall–Kier alpha value is -2.01. The van der Waals surface area contributed by atoms with Gasteiger partial charge in [-0.05, 0) is 25.0 Å². The molecule has 0 saturated carbocycles. The topological polar surface area (TPSA) is 64.1 Å². The Morgan fingerprint density at radius 1 is 1.24 bits per heavy atom. The van der Waals surface area contributed by atoms with E-state index in [1.54, 1.807) is 0 Å². The van der Waals surface area contributed by atoms with E-state index in [0.717, 1.165) is 5.75 Å². The van der Waals surface area contributed by atoms with Crippen LogP contribution in [0, 0.1) is 0 Å². The van der Waals surface area contributed by atoms with Crippen molar-refractivity contribution in [3.05, 3.63) is 61.9 Å². The fourth-order valence-electron chi connectivity index (χ4n) is 2.02. The summed E-state index contributed by atoms with van der Waals surface area (Å²) in [5.41, 5.74) is -0.381. The summed E-state index contributed by atoms with van der Waals surface area (Å²) >= 11 is 5.85. The van der Waals surface area contributed by atoms with Gasteiger partial charge >= 0.3 is 5.69 Å². The zero-order valence-electron chi connectivity index (χ0n) is 11.8. The van der Waals surface area contributed by atoms with Gasteiger partial charge in [0.2, 0.25) is 0 Å². The molecule has 0 aliphatic rings. The van der Waals surface area contributed by atoms with Gasteiger partial charge in [0.05, 0.1) is 12.2 Å². The molecule has 21 heavy (non-hydrogen) atoms. The van der Waals surface area contributed by atoms with Gasteiger partial charge in [-0.3, -0.25) is 14.3 Å². The lowest BCUT2D eigenvalue weighted by atomic mass is 10.2. The minimum absolute atomic E-state index is 0.129. The number of nitrogens with zero attached hydrogens (tertiary/aromatic N) is 1. The molecule has 1 aromatic heterocycles. The highest BCUT2D eigenvalue weighted by molar-refractivity contribution is 6.30. The molecule has 0 aliphatic heterocycles. The number of benzene rings is 1. The summed E-state index contributed by atoms with van der Waals surface area (Å²) in [7, 11) is 0. The van der Waals surface area contributed by atoms with Gasteiger partial charge in [-0.25, -0.2) is 4.79 Å². The fraction of sp³-hybridized carbons (Fsp3) is 0.333. The molecular weight excluding hydrogens is 292 g/mol. The van der Waals surface area contributed by atoms with E-state index in [-0.39, 0.29) is 10.7 Å². The zero-order valence-corrected chi connectivity index (χ0v) is 12.5. The zero-order chi connectivity index (χ0) is 15.2. The quantitative estimate of drug-likeness (QED) is 0.657. The molecule has 0 fully saturated rings. The molecule has 1 N–H and O–H groups in total. The lowest BCUT2D eigenvalue weighted by molar-refractivity contribution is 0.299. The molecule has 0 radical (unpaired) electrons. The van der Waals surface area contributed by atoms with E-state index in [9.17, 15) is 9.59 Å². The molecule has 1 heterocycles. The predicted octanol–water partition coefficient (Wildman–Crippen LogP) is 2.22. The number of aromatic amines is 1. The van der Waals surface area contributed by atoms with Crippen molar-refractivity contribution in [1.82, 2.24) is 9.55 Å². The molecule has 2 aromatic rings. The van der Waals surface area contributed by atoms with Crippen molar-refractivity contribution in [3.63, 3.8) is 0 Å². The van der Waals surface area contributed by atoms with Crippen molar-refractivity contribution >= 4 is 11.6 Å². The first-order valence-electron chi connectivity index (χ1n) is 6.82. The van der Waals surface area contributed by atoms with E-state index < -0.39 is 5.69 Å². The summed E-state index contributed by atoms with van der Waals surface area (Å²) in [5.74, 6) is 0.768. The summed E-state index contributed by atoms with van der Waals surface area (Å²) in [4.78, 5) is 26.4. The molecule has 6 heteroatoms. The standard InChI is InChI=1S/C15H17ClN2O3/c1-2-12-13(16)17-15(20)18(14(12)19)9-6-10-21-11-7-4-3-5-8-11/h3-5,7-8H,2,6,9-10H2,1H3,(H,17,20). The van der Waals surface area contributed by atoms with Crippen LogP contribution in [-0.2, 0) is 13.0 Å². The number of aromatic nitrogens is 2. The average Bonchev–Trinajstić information content (AvgIpc) is 2.47. The summed E-state index contributed by atoms with van der Waals surface area (Å²) in [6.07, 6.45) is 1.04. The maximum absolute atomic E-state index is 12.1. The van der Waals surface area contributed by atoms with E-state index >= 15 is 0 Å². The third-order valence-electron chi connectivity index (χ3n) is 3.12. The lowest BCUT2D eigenvalue weighted by Crippen LogP contribution is -2.37. The molecule has 0 unspecified atom stereocenters. The van der Waals surface area contributed by atoms with E-state index in [0.29, 0.717) is 31.6 Å². The Bertz CT molecular complexity index is 707. The molecule has 0 spiro atoms. The minimum Gasteiger partial charge on any atom is -0.494 e. The Morgan fingerprint density at radius 2 is 1.95 bits per heavy atom. The van der Waals surface area contributed by atoms with Crippen LogP contribution in [0.25, 0.3) is 0 Å². The average molecular weight is 309 g/mol. The second kappa shape index (κ2) is 7.13. The number of ether oxygens (including phenoxy) is 1. The highest BCUT2D eigenvalue weighted by Gasteiger charge is 2.10. The van der Waals surface area contributed by atoms with E-state index in [4.69, 9.17) is 16.3 Å². The smallest absolute Gasteiger partial charge is 0.329 e. The molecule has 0 amide bonds. The molecule has 0 atom stereocenters. The highest BCUT2D eigenvalue weighted by atomic mass is 35.5. The van der Waals surface area contributed by atoms with Crippen LogP contribution in [0.4, 0.5) is 0 Å². The number of hydrogen-bond acceptors (Lipinski definition) is 3. The van der Waals surface area contributed by atoms with E-state index in [1.165, 1.54) is 4.57 Å². The third kappa shape index (κ3) is 3.76. The van der Waals surface area contributed by atoms with Crippen LogP contribution in [0.5, 0.6) is 5.75 Å². The number of rotatable bonds is 6. The summed E-state index contributed by atoms with van der Waals surface area (Å²) in [6.45, 7) is 2.55. The van der Waals surface area contributed by atoms with Crippen molar-refractivity contribution in [2.75, 3.05) is 6.61 Å². The van der Waals surface area contributed by atoms with Crippen molar-refractivity contribution in [2.45, 2.75) is 26.3 Å². The summed E-state index contributed by atoms with van der Waals surface area (Å²) in [5, 5.41) is 0.129. The molecule has 0 saturated heterocycles. The summed E-state index contributed by atoms with van der Waals surface area (Å²) in [6, 6.07) is 9.40. The largest absolute Gasteiger partial charge is 0.494 e. The third-order valence-corrected chi connectivity index (χ3v) is 3.44. The maximum Gasteiger partial charge on any atom is 0.329 e. The van der Waals surface area contributed by atoms with Crippen LogP contribution < -0.4 is 16.0 Å². The Morgan fingerprint density at radius 3 is 2.62 bits per heavy atom. The predicted molar refractivity (Wildman–Crippen MR) is 82.3 cm³/mol. The Labute approximate surface area is 127 Å². The number of hydrogen-bond donors (Lipinski definition) is 1. The molecule has 0 bridgehead atoms. The first kappa shape index (κ1) is 15.4. The van der Waals surface area contributed by atoms with Crippen LogP contribution in [0.2, 0.25) is 5.15 Å². The number of halogens is 1. The second-order valence-electron chi connectivity index (χ2n) is 4.55. The van der Waals surface area contributed by atoms with E-state index in [2.05, 4.69) is 4.98 Å². The first-order valence-corrected chi connectivity index (χ1v) is 7.20. The van der Waals surface area contributed by atoms with Crippen LogP contribution in [0.3, 0.4) is 0 Å². The van der Waals surface area contributed by atoms with Crippen LogP contribution in [-0.4, -0.2) is 16.2 Å². The molecule has 112 valence electrons. The van der Waals surface area contributed by atoms with Gasteiger partial charge in [0.25, 0.3) is 5.56 Å². The number of H-pyrrole nitrogens is 1. The molecule has 0 aliphatic carbocycles. The van der Waals surface area contributed by atoms with Crippen LogP contribution >= 0.6 is 11.6 Å². The number of para-hydroxylation sites is 1. The van der Waals surface area contributed by atoms with Gasteiger partial charge in [-0.1, -0.05) is 36.7 Å². The SMILES string of the molecule is CCc1c(Cl)[nH]c(=O)n(CCCOc2ccccc2)c1=O. The number of nitrogens with one attached hydrogen (secondary N) is 1. The fourth-order valence-corrected chi connectivity index (χ4v) is 2.32. The monoisotopic (exact) mass is 308 g/mol. The van der Waals surface area contributed by atoms with Gasteiger partial charge < -0.3 is 4.74 Å². The molecule has 2 rings (SSSR count). The van der Waals surface area contributed by atoms with Gasteiger partial charge in [-0.15, -0.1) is 0 Å². The van der Waals surface area contributed by atoms with Crippen molar-refractivity contribution in [3.8, 4) is 5.75 Å². The van der Waals surface area contributed by atoms with E-state index in [1.807, 2.05) is 37.3 Å². The van der Waals surface area contributed by atoms with Crippen molar-refractivity contribution in [1.29, 1.82) is 0 Å². The van der Waals surface area contributed by atoms with Crippen LogP contribution in [0.1, 0.15) is 18.9 Å². The summed E-state index contributed by atoms with van der Waals surface area (Å²) < 4.78 is 6.70. The lowest BCUT2D eigenvalue weighted by Gasteiger charge is -2.09. The van der Waals surface area contributed by atoms with Gasteiger partial charge in [0, 0.05) is 6.54 Å². The molecule has 1 aromatic carbocycles. The molecule has 5 nitrogen and oxygen atoms in total.